The van der Waals surface area contributed by atoms with Crippen LogP contribution in [0.4, 0.5) is 0 Å². The van der Waals surface area contributed by atoms with Crippen molar-refractivity contribution in [3.8, 4) is 16.9 Å². The molecule has 3 heteroatoms. The molecule has 20 heavy (non-hydrogen) atoms. The summed E-state index contributed by atoms with van der Waals surface area (Å²) in [6, 6.07) is 14.1. The molecular weight excluding hydrogens is 270 g/mol. The first-order valence-electron chi connectivity index (χ1n) is 6.68. The van der Waals surface area contributed by atoms with Crippen LogP contribution in [0.1, 0.15) is 5.56 Å². The fourth-order valence-corrected chi connectivity index (χ4v) is 2.38. The van der Waals surface area contributed by atoms with E-state index in [4.69, 9.17) is 16.3 Å². The Morgan fingerprint density at radius 2 is 1.75 bits per heavy atom. The number of halogens is 1. The summed E-state index contributed by atoms with van der Waals surface area (Å²) >= 11 is 5.97. The zero-order valence-corrected chi connectivity index (χ0v) is 12.9. The van der Waals surface area contributed by atoms with Crippen LogP contribution >= 0.6 is 11.6 Å². The predicted molar refractivity (Wildman–Crippen MR) is 85.7 cm³/mol. The van der Waals surface area contributed by atoms with Gasteiger partial charge in [-0.2, -0.15) is 0 Å². The fraction of sp³-hybridized carbons (Fsp3) is 0.294. The zero-order valence-electron chi connectivity index (χ0n) is 12.2. The van der Waals surface area contributed by atoms with E-state index in [1.54, 1.807) is 7.11 Å². The molecule has 0 amide bonds. The molecule has 106 valence electrons. The quantitative estimate of drug-likeness (QED) is 0.821. The Morgan fingerprint density at radius 3 is 2.35 bits per heavy atom. The third-order valence-corrected chi connectivity index (χ3v) is 3.57. The average Bonchev–Trinajstić information content (AvgIpc) is 2.45. The molecular formula is C17H20ClNO. The van der Waals surface area contributed by atoms with Gasteiger partial charge in [0.15, 0.2) is 0 Å². The monoisotopic (exact) mass is 289 g/mol. The molecule has 0 atom stereocenters. The molecule has 0 fully saturated rings. The molecule has 0 aliphatic heterocycles. The van der Waals surface area contributed by atoms with E-state index < -0.39 is 0 Å². The second kappa shape index (κ2) is 6.78. The molecule has 0 saturated heterocycles. The highest BCUT2D eigenvalue weighted by Crippen LogP contribution is 2.31. The van der Waals surface area contributed by atoms with Gasteiger partial charge in [-0.05, 0) is 49.8 Å². The number of rotatable bonds is 5. The molecule has 0 unspecified atom stereocenters. The molecule has 2 rings (SSSR count). The van der Waals surface area contributed by atoms with Crippen LogP contribution in [-0.2, 0) is 6.42 Å². The van der Waals surface area contributed by atoms with Crippen LogP contribution in [0.15, 0.2) is 42.5 Å². The van der Waals surface area contributed by atoms with E-state index in [0.717, 1.165) is 23.7 Å². The highest BCUT2D eigenvalue weighted by atomic mass is 35.5. The number of ether oxygens (including phenoxy) is 1. The van der Waals surface area contributed by atoms with Crippen molar-refractivity contribution in [1.29, 1.82) is 0 Å². The summed E-state index contributed by atoms with van der Waals surface area (Å²) in [4.78, 5) is 2.18. The standard InChI is InChI=1S/C17H20ClNO/c1-19(2)12-11-16-15(5-4-6-17(16)20-3)13-7-9-14(18)10-8-13/h4-10H,11-12H2,1-3H3. The van der Waals surface area contributed by atoms with Gasteiger partial charge in [-0.15, -0.1) is 0 Å². The van der Waals surface area contributed by atoms with E-state index in [9.17, 15) is 0 Å². The lowest BCUT2D eigenvalue weighted by molar-refractivity contribution is 0.392. The van der Waals surface area contributed by atoms with Crippen LogP contribution in [0.2, 0.25) is 5.02 Å². The molecule has 2 nitrogen and oxygen atoms in total. The largest absolute Gasteiger partial charge is 0.496 e. The smallest absolute Gasteiger partial charge is 0.122 e. The van der Waals surface area contributed by atoms with Crippen molar-refractivity contribution in [2.24, 2.45) is 0 Å². The van der Waals surface area contributed by atoms with Crippen LogP contribution in [-0.4, -0.2) is 32.6 Å². The summed E-state index contributed by atoms with van der Waals surface area (Å²) < 4.78 is 5.52. The zero-order chi connectivity index (χ0) is 14.5. The SMILES string of the molecule is COc1cccc(-c2ccc(Cl)cc2)c1CCN(C)C. The van der Waals surface area contributed by atoms with Gasteiger partial charge in [-0.1, -0.05) is 35.9 Å². The van der Waals surface area contributed by atoms with Crippen LogP contribution < -0.4 is 4.74 Å². The van der Waals surface area contributed by atoms with Gasteiger partial charge in [0.1, 0.15) is 5.75 Å². The number of methoxy groups -OCH3 is 1. The molecule has 0 saturated carbocycles. The molecule has 2 aromatic carbocycles. The summed E-state index contributed by atoms with van der Waals surface area (Å²) in [6.45, 7) is 0.987. The van der Waals surface area contributed by atoms with Crippen LogP contribution in [0, 0.1) is 0 Å². The van der Waals surface area contributed by atoms with Crippen LogP contribution in [0.25, 0.3) is 11.1 Å². The average molecular weight is 290 g/mol. The van der Waals surface area contributed by atoms with Gasteiger partial charge in [0.2, 0.25) is 0 Å². The van der Waals surface area contributed by atoms with Gasteiger partial charge < -0.3 is 9.64 Å². The molecule has 0 aliphatic rings. The van der Waals surface area contributed by atoms with Crippen LogP contribution in [0.5, 0.6) is 5.75 Å². The Hall–Kier alpha value is -1.51. The summed E-state index contributed by atoms with van der Waals surface area (Å²) in [5.41, 5.74) is 3.62. The lowest BCUT2D eigenvalue weighted by atomic mass is 9.96. The maximum atomic E-state index is 5.97. The first-order chi connectivity index (χ1) is 9.61. The van der Waals surface area contributed by atoms with Crippen molar-refractivity contribution in [1.82, 2.24) is 4.90 Å². The van der Waals surface area contributed by atoms with E-state index in [0.29, 0.717) is 0 Å². The molecule has 0 radical (unpaired) electrons. The van der Waals surface area contributed by atoms with E-state index in [2.05, 4.69) is 37.2 Å². The third-order valence-electron chi connectivity index (χ3n) is 3.32. The molecule has 0 bridgehead atoms. The topological polar surface area (TPSA) is 12.5 Å². The minimum absolute atomic E-state index is 0.756. The Balaban J connectivity index is 2.43. The molecule has 0 N–H and O–H groups in total. The van der Waals surface area contributed by atoms with E-state index in [-0.39, 0.29) is 0 Å². The third kappa shape index (κ3) is 3.53. The van der Waals surface area contributed by atoms with Crippen molar-refractivity contribution in [3.63, 3.8) is 0 Å². The lowest BCUT2D eigenvalue weighted by Gasteiger charge is -2.16. The van der Waals surface area contributed by atoms with Gasteiger partial charge in [0, 0.05) is 17.1 Å². The van der Waals surface area contributed by atoms with Gasteiger partial charge in [-0.25, -0.2) is 0 Å². The summed E-state index contributed by atoms with van der Waals surface area (Å²) in [6.07, 6.45) is 0.953. The number of hydrogen-bond acceptors (Lipinski definition) is 2. The predicted octanol–water partition coefficient (Wildman–Crippen LogP) is 4.12. The fourth-order valence-electron chi connectivity index (χ4n) is 2.25. The number of likely N-dealkylation sites (N-methyl/N-ethyl adjacent to an activating group) is 1. The lowest BCUT2D eigenvalue weighted by Crippen LogP contribution is -2.15. The Kier molecular flexibility index (Phi) is 5.05. The first kappa shape index (κ1) is 14.9. The van der Waals surface area contributed by atoms with E-state index in [1.165, 1.54) is 16.7 Å². The number of benzene rings is 2. The summed E-state index contributed by atoms with van der Waals surface area (Å²) in [5.74, 6) is 0.944. The Bertz CT molecular complexity index is 564. The highest BCUT2D eigenvalue weighted by Gasteiger charge is 2.11. The number of hydrogen-bond donors (Lipinski definition) is 0. The van der Waals surface area contributed by atoms with Gasteiger partial charge in [-0.3, -0.25) is 0 Å². The normalized spacial score (nSPS) is 10.8. The van der Waals surface area contributed by atoms with Crippen molar-refractivity contribution >= 4 is 11.6 Å². The van der Waals surface area contributed by atoms with Crippen molar-refractivity contribution in [2.75, 3.05) is 27.7 Å². The maximum absolute atomic E-state index is 5.97. The van der Waals surface area contributed by atoms with Crippen molar-refractivity contribution in [3.05, 3.63) is 53.1 Å². The molecule has 2 aromatic rings. The molecule has 0 heterocycles. The van der Waals surface area contributed by atoms with E-state index >= 15 is 0 Å². The van der Waals surface area contributed by atoms with Crippen molar-refractivity contribution in [2.45, 2.75) is 6.42 Å². The first-order valence-corrected chi connectivity index (χ1v) is 7.06. The Morgan fingerprint density at radius 1 is 1.05 bits per heavy atom. The minimum atomic E-state index is 0.756. The summed E-state index contributed by atoms with van der Waals surface area (Å²) in [5, 5.41) is 0.756. The van der Waals surface area contributed by atoms with Crippen molar-refractivity contribution < 1.29 is 4.74 Å². The van der Waals surface area contributed by atoms with Gasteiger partial charge in [0.25, 0.3) is 0 Å². The second-order valence-electron chi connectivity index (χ2n) is 5.05. The maximum Gasteiger partial charge on any atom is 0.122 e. The second-order valence-corrected chi connectivity index (χ2v) is 5.48. The van der Waals surface area contributed by atoms with E-state index in [1.807, 2.05) is 24.3 Å². The molecule has 0 aromatic heterocycles. The summed E-state index contributed by atoms with van der Waals surface area (Å²) in [7, 11) is 5.88. The Labute approximate surface area is 125 Å². The highest BCUT2D eigenvalue weighted by molar-refractivity contribution is 6.30. The minimum Gasteiger partial charge on any atom is -0.496 e. The van der Waals surface area contributed by atoms with Gasteiger partial charge in [0.05, 0.1) is 7.11 Å². The van der Waals surface area contributed by atoms with Gasteiger partial charge >= 0.3 is 0 Å². The molecule has 0 aliphatic carbocycles. The number of nitrogens with zero attached hydrogens (tertiary/aromatic N) is 1. The van der Waals surface area contributed by atoms with Crippen LogP contribution in [0.3, 0.4) is 0 Å². The molecule has 0 spiro atoms.